The molecule has 0 saturated carbocycles. The molecule has 0 N–H and O–H groups in total. The summed E-state index contributed by atoms with van der Waals surface area (Å²) in [6, 6.07) is 0. The number of hydrogen-bond donors (Lipinski definition) is 0. The van der Waals surface area contributed by atoms with Crippen molar-refractivity contribution in [3.05, 3.63) is 0 Å². The molecule has 0 aliphatic carbocycles. The second-order valence-corrected chi connectivity index (χ2v) is 4.41. The molecule has 0 aromatic heterocycles. The molecule has 0 aliphatic heterocycles. The van der Waals surface area contributed by atoms with Crippen molar-refractivity contribution in [2.24, 2.45) is 0 Å². The average molecular weight is 229 g/mol. The van der Waals surface area contributed by atoms with Gasteiger partial charge in [-0.1, -0.05) is 0 Å². The van der Waals surface area contributed by atoms with Crippen LogP contribution in [0.2, 0.25) is 0 Å². The quantitative estimate of drug-likeness (QED) is 0.394. The molecule has 7 heavy (non-hydrogen) atoms. The van der Waals surface area contributed by atoms with Crippen LogP contribution in [-0.2, 0) is 11.8 Å². The average Bonchev–Trinajstić information content (AvgIpc) is 1.61. The predicted molar refractivity (Wildman–Crippen MR) is 43.4 cm³/mol. The zero-order valence-electron chi connectivity index (χ0n) is 4.19. The van der Waals surface area contributed by atoms with Gasteiger partial charge in [0.15, 0.2) is 0 Å². The third-order valence-corrected chi connectivity index (χ3v) is 1.55. The number of halogens is 1. The van der Waals surface area contributed by atoms with E-state index in [0.29, 0.717) is 0 Å². The number of hydrogen-bond acceptors (Lipinski definition) is 2. The first-order valence-corrected chi connectivity index (χ1v) is 5.81. The second-order valence-electron chi connectivity index (χ2n) is 1.07. The maximum atomic E-state index is 5.27. The minimum atomic E-state index is -0.345. The molecular formula is C3H7BIOS-. The SMILES string of the molecule is B#[S-](I)OCCC. The van der Waals surface area contributed by atoms with Gasteiger partial charge in [-0.3, -0.25) is 0 Å². The molecule has 0 radical (unpaired) electrons. The summed E-state index contributed by atoms with van der Waals surface area (Å²) in [5.41, 5.74) is 0. The van der Waals surface area contributed by atoms with Crippen LogP contribution in [0, 0.1) is 0 Å². The Morgan fingerprint density at radius 1 is 1.86 bits per heavy atom. The Bertz CT molecular complexity index is 96.8. The van der Waals surface area contributed by atoms with Crippen LogP contribution in [-0.4, -0.2) is 13.1 Å². The Hall–Kier alpha value is 1.10. The Morgan fingerprint density at radius 3 is 2.57 bits per heavy atom. The topological polar surface area (TPSA) is 9.23 Å². The fourth-order valence-corrected chi connectivity index (χ4v) is 1.03. The standard InChI is InChI=1S/C3H7BIOS/c1-2-3-6-7(4)5/h2-3H2,1H3/q-1. The first kappa shape index (κ1) is 8.10. The molecule has 0 unspecified atom stereocenters. The summed E-state index contributed by atoms with van der Waals surface area (Å²) >= 11 is 2.05. The van der Waals surface area contributed by atoms with Gasteiger partial charge in [-0.25, -0.2) is 0 Å². The maximum absolute atomic E-state index is 5.27. The molecule has 0 rings (SSSR count). The Labute approximate surface area is 59.4 Å². The van der Waals surface area contributed by atoms with Crippen LogP contribution in [0.15, 0.2) is 0 Å². The van der Waals surface area contributed by atoms with E-state index >= 15 is 0 Å². The molecule has 0 atom stereocenters. The van der Waals surface area contributed by atoms with Crippen LogP contribution in [0.3, 0.4) is 0 Å². The van der Waals surface area contributed by atoms with Crippen molar-refractivity contribution in [2.45, 2.75) is 13.3 Å². The van der Waals surface area contributed by atoms with Gasteiger partial charge in [-0.2, -0.15) is 0 Å². The third-order valence-electron chi connectivity index (χ3n) is 0.400. The second kappa shape index (κ2) is 5.25. The van der Waals surface area contributed by atoms with E-state index < -0.39 is 0 Å². The van der Waals surface area contributed by atoms with Gasteiger partial charge in [0.05, 0.1) is 0 Å². The third kappa shape index (κ3) is 7.10. The van der Waals surface area contributed by atoms with E-state index in [2.05, 4.69) is 6.92 Å². The van der Waals surface area contributed by atoms with Crippen LogP contribution < -0.4 is 0 Å². The van der Waals surface area contributed by atoms with Crippen molar-refractivity contribution in [3.63, 3.8) is 0 Å². The van der Waals surface area contributed by atoms with Gasteiger partial charge < -0.3 is 0 Å². The van der Waals surface area contributed by atoms with E-state index in [0.717, 1.165) is 13.0 Å². The fraction of sp³-hybridized carbons (Fsp3) is 1.00. The van der Waals surface area contributed by atoms with Crippen LogP contribution in [0.5, 0.6) is 0 Å². The van der Waals surface area contributed by atoms with Crippen LogP contribution in [0.4, 0.5) is 0 Å². The van der Waals surface area contributed by atoms with Crippen molar-refractivity contribution >= 4 is 35.3 Å². The van der Waals surface area contributed by atoms with Gasteiger partial charge in [0.25, 0.3) is 0 Å². The van der Waals surface area contributed by atoms with Gasteiger partial charge in [0.2, 0.25) is 0 Å². The summed E-state index contributed by atoms with van der Waals surface area (Å²) in [5.74, 6) is 0. The molecule has 0 fully saturated rings. The van der Waals surface area contributed by atoms with Gasteiger partial charge in [-0.05, 0) is 0 Å². The molecule has 0 aliphatic rings. The molecule has 0 aromatic carbocycles. The molecule has 0 spiro atoms. The zero-order chi connectivity index (χ0) is 5.70. The summed E-state index contributed by atoms with van der Waals surface area (Å²) in [5, 5.41) is 0. The summed E-state index contributed by atoms with van der Waals surface area (Å²) in [7, 11) is -0.345. The Kier molecular flexibility index (Phi) is 6.07. The Balaban J connectivity index is 2.88. The van der Waals surface area contributed by atoms with Crippen molar-refractivity contribution < 1.29 is 4.18 Å². The summed E-state index contributed by atoms with van der Waals surface area (Å²) in [6.07, 6.45) is 1.05. The van der Waals surface area contributed by atoms with Gasteiger partial charge in [0.1, 0.15) is 0 Å². The minimum absolute atomic E-state index is 0.345. The van der Waals surface area contributed by atoms with Gasteiger partial charge >= 0.3 is 59.5 Å². The van der Waals surface area contributed by atoms with Crippen LogP contribution in [0.1, 0.15) is 13.3 Å². The monoisotopic (exact) mass is 229 g/mol. The van der Waals surface area contributed by atoms with Gasteiger partial charge in [0, 0.05) is 0 Å². The Morgan fingerprint density at radius 2 is 2.43 bits per heavy atom. The van der Waals surface area contributed by atoms with Crippen molar-refractivity contribution in [3.8, 4) is 0 Å². The summed E-state index contributed by atoms with van der Waals surface area (Å²) in [4.78, 5) is 0. The van der Waals surface area contributed by atoms with E-state index in [4.69, 9.17) is 10.7 Å². The van der Waals surface area contributed by atoms with E-state index in [-0.39, 0.29) is 7.58 Å². The molecule has 0 heterocycles. The molecule has 0 amide bonds. The zero-order valence-corrected chi connectivity index (χ0v) is 7.16. The van der Waals surface area contributed by atoms with E-state index in [1.54, 1.807) is 0 Å². The summed E-state index contributed by atoms with van der Waals surface area (Å²) in [6.45, 7) is 8.11. The van der Waals surface area contributed by atoms with Crippen molar-refractivity contribution in [1.82, 2.24) is 0 Å². The molecule has 0 saturated heterocycles. The van der Waals surface area contributed by atoms with E-state index in [1.165, 1.54) is 0 Å². The molecular weight excluding hydrogens is 222 g/mol. The molecule has 0 aromatic rings. The van der Waals surface area contributed by atoms with E-state index in [1.807, 2.05) is 21.2 Å². The number of rotatable bonds is 2. The first-order valence-electron chi connectivity index (χ1n) is 2.05. The van der Waals surface area contributed by atoms with E-state index in [9.17, 15) is 0 Å². The molecule has 4 heteroatoms. The first-order chi connectivity index (χ1) is 3.27. The normalized spacial score (nSPS) is 10.4. The van der Waals surface area contributed by atoms with Gasteiger partial charge in [-0.15, -0.1) is 0 Å². The van der Waals surface area contributed by atoms with Crippen LogP contribution >= 0.6 is 21.2 Å². The molecule has 1 nitrogen and oxygen atoms in total. The molecule has 42 valence electrons. The van der Waals surface area contributed by atoms with Crippen LogP contribution in [0.25, 0.3) is 0 Å². The predicted octanol–water partition coefficient (Wildman–Crippen LogP) is 1.38. The van der Waals surface area contributed by atoms with Crippen molar-refractivity contribution in [1.29, 1.82) is 0 Å². The summed E-state index contributed by atoms with van der Waals surface area (Å²) < 4.78 is 4.98. The fourth-order valence-electron chi connectivity index (χ4n) is 0.163. The van der Waals surface area contributed by atoms with Crippen molar-refractivity contribution in [2.75, 3.05) is 6.61 Å². The molecule has 0 bridgehead atoms.